The van der Waals surface area contributed by atoms with E-state index in [1.54, 1.807) is 0 Å². The Morgan fingerprint density at radius 1 is 1.31 bits per heavy atom. The van der Waals surface area contributed by atoms with Gasteiger partial charge in [0.05, 0.1) is 0 Å². The summed E-state index contributed by atoms with van der Waals surface area (Å²) in [4.78, 5) is 11.2. The highest BCUT2D eigenvalue weighted by molar-refractivity contribution is 5.96. The number of rotatable bonds is 0. The first-order valence-electron chi connectivity index (χ1n) is 4.19. The van der Waals surface area contributed by atoms with Crippen molar-refractivity contribution in [2.75, 3.05) is 13.7 Å². The molecule has 13 heavy (non-hydrogen) atoms. The Morgan fingerprint density at radius 2 is 2.00 bits per heavy atom. The number of amides is 1. The molecule has 0 aromatic heterocycles. The second-order valence-corrected chi connectivity index (χ2v) is 2.66. The molecule has 1 aliphatic rings. The van der Waals surface area contributed by atoms with Crippen molar-refractivity contribution < 1.29 is 9.90 Å². The third kappa shape index (κ3) is 2.06. The lowest BCUT2D eigenvalue weighted by Gasteiger charge is -2.15. The maximum Gasteiger partial charge on any atom is 0.251 e. The van der Waals surface area contributed by atoms with Crippen LogP contribution in [0, 0.1) is 0 Å². The van der Waals surface area contributed by atoms with Crippen molar-refractivity contribution in [3.05, 3.63) is 35.4 Å². The number of benzene rings is 1. The van der Waals surface area contributed by atoms with Gasteiger partial charge in [-0.3, -0.25) is 4.79 Å². The van der Waals surface area contributed by atoms with Crippen molar-refractivity contribution in [1.29, 1.82) is 0 Å². The predicted octanol–water partition coefficient (Wildman–Crippen LogP) is 0.581. The molecule has 2 rings (SSSR count). The van der Waals surface area contributed by atoms with Gasteiger partial charge < -0.3 is 10.4 Å². The minimum atomic E-state index is 0.0619. The quantitative estimate of drug-likeness (QED) is 0.612. The fourth-order valence-corrected chi connectivity index (χ4v) is 1.37. The Labute approximate surface area is 77.4 Å². The van der Waals surface area contributed by atoms with E-state index in [4.69, 9.17) is 5.11 Å². The van der Waals surface area contributed by atoms with Crippen LogP contribution >= 0.6 is 0 Å². The molecule has 0 saturated carbocycles. The average molecular weight is 179 g/mol. The van der Waals surface area contributed by atoms with Gasteiger partial charge in [-0.25, -0.2) is 0 Å². The smallest absolute Gasteiger partial charge is 0.251 e. The molecule has 2 N–H and O–H groups in total. The zero-order chi connectivity index (χ0) is 9.68. The molecule has 1 aromatic carbocycles. The summed E-state index contributed by atoms with van der Waals surface area (Å²) in [7, 11) is 1.00. The second-order valence-electron chi connectivity index (χ2n) is 2.66. The van der Waals surface area contributed by atoms with Gasteiger partial charge in [0.2, 0.25) is 0 Å². The lowest BCUT2D eigenvalue weighted by molar-refractivity contribution is 0.0946. The Hall–Kier alpha value is -1.35. The minimum absolute atomic E-state index is 0.0619. The molecule has 0 atom stereocenters. The third-order valence-corrected chi connectivity index (χ3v) is 1.94. The van der Waals surface area contributed by atoms with Crippen LogP contribution in [0.5, 0.6) is 0 Å². The molecule has 0 spiro atoms. The van der Waals surface area contributed by atoms with Gasteiger partial charge in [0, 0.05) is 19.2 Å². The average Bonchev–Trinajstić information content (AvgIpc) is 2.22. The van der Waals surface area contributed by atoms with Crippen molar-refractivity contribution in [2.24, 2.45) is 0 Å². The number of aliphatic hydroxyl groups excluding tert-OH is 1. The zero-order valence-electron chi connectivity index (χ0n) is 7.58. The summed E-state index contributed by atoms with van der Waals surface area (Å²) in [6.07, 6.45) is 0.960. The van der Waals surface area contributed by atoms with Crippen molar-refractivity contribution in [1.82, 2.24) is 5.32 Å². The number of hydrogen-bond donors (Lipinski definition) is 2. The van der Waals surface area contributed by atoms with E-state index in [1.807, 2.05) is 24.3 Å². The minimum Gasteiger partial charge on any atom is -0.400 e. The van der Waals surface area contributed by atoms with Gasteiger partial charge in [-0.2, -0.15) is 0 Å². The Bertz CT molecular complexity index is 297. The fourth-order valence-electron chi connectivity index (χ4n) is 1.37. The first-order valence-corrected chi connectivity index (χ1v) is 4.19. The van der Waals surface area contributed by atoms with Gasteiger partial charge in [0.15, 0.2) is 0 Å². The number of carbonyl (C=O) groups is 1. The van der Waals surface area contributed by atoms with Crippen molar-refractivity contribution in [2.45, 2.75) is 6.42 Å². The molecule has 3 nitrogen and oxygen atoms in total. The van der Waals surface area contributed by atoms with Crippen LogP contribution in [0.15, 0.2) is 24.3 Å². The summed E-state index contributed by atoms with van der Waals surface area (Å²) >= 11 is 0. The predicted molar refractivity (Wildman–Crippen MR) is 50.6 cm³/mol. The number of fused-ring (bicyclic) bond motifs is 1. The van der Waals surface area contributed by atoms with Gasteiger partial charge in [0.1, 0.15) is 0 Å². The van der Waals surface area contributed by atoms with E-state index in [9.17, 15) is 4.79 Å². The molecular formula is C10H13NO2. The van der Waals surface area contributed by atoms with Gasteiger partial charge in [-0.15, -0.1) is 0 Å². The molecule has 1 heterocycles. The van der Waals surface area contributed by atoms with Crippen LogP contribution in [-0.4, -0.2) is 24.7 Å². The van der Waals surface area contributed by atoms with Gasteiger partial charge in [-0.1, -0.05) is 18.2 Å². The molecule has 0 fully saturated rings. The normalized spacial score (nSPS) is 13.5. The molecular weight excluding hydrogens is 166 g/mol. The number of hydrogen-bond acceptors (Lipinski definition) is 2. The SMILES string of the molecule is CO.O=C1NCCc2ccccc21. The van der Waals surface area contributed by atoms with Crippen molar-refractivity contribution in [3.63, 3.8) is 0 Å². The monoisotopic (exact) mass is 179 g/mol. The lowest BCUT2D eigenvalue weighted by atomic mass is 10.0. The summed E-state index contributed by atoms with van der Waals surface area (Å²) < 4.78 is 0. The van der Waals surface area contributed by atoms with Crippen LogP contribution in [0.4, 0.5) is 0 Å². The maximum atomic E-state index is 11.2. The van der Waals surface area contributed by atoms with E-state index in [1.165, 1.54) is 0 Å². The highest BCUT2D eigenvalue weighted by atomic mass is 16.2. The second kappa shape index (κ2) is 4.62. The summed E-state index contributed by atoms with van der Waals surface area (Å²) in [5.41, 5.74) is 2.00. The van der Waals surface area contributed by atoms with E-state index in [0.717, 1.165) is 31.2 Å². The van der Waals surface area contributed by atoms with Crippen LogP contribution in [0.25, 0.3) is 0 Å². The topological polar surface area (TPSA) is 49.3 Å². The zero-order valence-corrected chi connectivity index (χ0v) is 7.58. The summed E-state index contributed by atoms with van der Waals surface area (Å²) in [6, 6.07) is 7.74. The molecule has 1 aliphatic heterocycles. The molecule has 3 heteroatoms. The molecule has 0 aliphatic carbocycles. The molecule has 0 radical (unpaired) electrons. The first kappa shape index (κ1) is 9.74. The molecule has 0 saturated heterocycles. The molecule has 1 amide bonds. The highest BCUT2D eigenvalue weighted by Gasteiger charge is 2.14. The molecule has 0 bridgehead atoms. The Morgan fingerprint density at radius 3 is 2.69 bits per heavy atom. The van der Waals surface area contributed by atoms with Crippen molar-refractivity contribution in [3.8, 4) is 0 Å². The van der Waals surface area contributed by atoms with Crippen LogP contribution in [-0.2, 0) is 6.42 Å². The fraction of sp³-hybridized carbons (Fsp3) is 0.300. The van der Waals surface area contributed by atoms with E-state index in [-0.39, 0.29) is 5.91 Å². The van der Waals surface area contributed by atoms with Gasteiger partial charge in [-0.05, 0) is 18.1 Å². The number of nitrogens with one attached hydrogen (secondary N) is 1. The maximum absolute atomic E-state index is 11.2. The van der Waals surface area contributed by atoms with Crippen LogP contribution in [0.1, 0.15) is 15.9 Å². The number of carbonyl (C=O) groups excluding carboxylic acids is 1. The van der Waals surface area contributed by atoms with E-state index >= 15 is 0 Å². The standard InChI is InChI=1S/C9H9NO.CH4O/c11-9-8-4-2-1-3-7(8)5-6-10-9;1-2/h1-4H,5-6H2,(H,10,11);2H,1H3. The van der Waals surface area contributed by atoms with Crippen LogP contribution in [0.2, 0.25) is 0 Å². The molecule has 1 aromatic rings. The van der Waals surface area contributed by atoms with Gasteiger partial charge in [0.25, 0.3) is 5.91 Å². The van der Waals surface area contributed by atoms with Crippen LogP contribution < -0.4 is 5.32 Å². The summed E-state index contributed by atoms with van der Waals surface area (Å²) in [6.45, 7) is 0.774. The largest absolute Gasteiger partial charge is 0.400 e. The summed E-state index contributed by atoms with van der Waals surface area (Å²) in [5.74, 6) is 0.0619. The first-order chi connectivity index (χ1) is 6.38. The Kier molecular flexibility index (Phi) is 3.46. The van der Waals surface area contributed by atoms with E-state index in [0.29, 0.717) is 0 Å². The van der Waals surface area contributed by atoms with Crippen molar-refractivity contribution >= 4 is 5.91 Å². The highest BCUT2D eigenvalue weighted by Crippen LogP contribution is 2.11. The Balaban J connectivity index is 0.000000396. The molecule has 70 valence electrons. The van der Waals surface area contributed by atoms with E-state index < -0.39 is 0 Å². The van der Waals surface area contributed by atoms with E-state index in [2.05, 4.69) is 5.32 Å². The van der Waals surface area contributed by atoms with Crippen LogP contribution in [0.3, 0.4) is 0 Å². The number of aliphatic hydroxyl groups is 1. The molecule has 0 unspecified atom stereocenters. The summed E-state index contributed by atoms with van der Waals surface area (Å²) in [5, 5.41) is 9.80. The third-order valence-electron chi connectivity index (χ3n) is 1.94. The lowest BCUT2D eigenvalue weighted by Crippen LogP contribution is -2.31. The van der Waals surface area contributed by atoms with Gasteiger partial charge >= 0.3 is 0 Å².